The van der Waals surface area contributed by atoms with Crippen molar-refractivity contribution in [3.05, 3.63) is 47.2 Å². The fourth-order valence-electron chi connectivity index (χ4n) is 3.46. The number of alkyl carbamates (subject to hydrolysis) is 1. The highest BCUT2D eigenvalue weighted by molar-refractivity contribution is 6.30. The van der Waals surface area contributed by atoms with Crippen LogP contribution < -0.4 is 25.8 Å². The first-order chi connectivity index (χ1) is 17.6. The summed E-state index contributed by atoms with van der Waals surface area (Å²) in [4.78, 5) is 31.9. The average molecular weight is 530 g/mol. The van der Waals surface area contributed by atoms with Crippen molar-refractivity contribution in [3.63, 3.8) is 0 Å². The molecule has 0 saturated heterocycles. The smallest absolute Gasteiger partial charge is 0.407 e. The second-order valence-corrected chi connectivity index (χ2v) is 9.70. The van der Waals surface area contributed by atoms with Crippen LogP contribution in [-0.4, -0.2) is 47.8 Å². The van der Waals surface area contributed by atoms with Crippen LogP contribution in [0.5, 0.6) is 11.5 Å². The average Bonchev–Trinajstić information content (AvgIpc) is 2.82. The third-order valence-corrected chi connectivity index (χ3v) is 5.37. The summed E-state index contributed by atoms with van der Waals surface area (Å²) >= 11 is 6.23. The van der Waals surface area contributed by atoms with Crippen LogP contribution in [0.25, 0.3) is 10.9 Å². The lowest BCUT2D eigenvalue weighted by Gasteiger charge is -2.19. The molecular weight excluding hydrogens is 498 g/mol. The number of anilines is 2. The Morgan fingerprint density at radius 3 is 2.59 bits per heavy atom. The molecule has 0 radical (unpaired) electrons. The van der Waals surface area contributed by atoms with E-state index in [1.165, 1.54) is 6.33 Å². The standard InChI is InChI=1S/C26H32ClN5O5/c1-26(2,3)37-25(34)29-10-5-11-36-22-13-18-20(14-21(22)35-4)30-15-31-24(18)32-19-12-17(27)8-6-16(19)7-9-23(28)33/h6,8,12-15H,5,7,9-11H2,1-4H3,(H2,28,33)(H,29,34)(H,30,31,32). The van der Waals surface area contributed by atoms with Crippen LogP contribution in [0.15, 0.2) is 36.7 Å². The van der Waals surface area contributed by atoms with Gasteiger partial charge >= 0.3 is 6.09 Å². The number of hydrogen-bond donors (Lipinski definition) is 3. The fourth-order valence-corrected chi connectivity index (χ4v) is 3.64. The first-order valence-electron chi connectivity index (χ1n) is 11.8. The number of hydrogen-bond acceptors (Lipinski definition) is 8. The van der Waals surface area contributed by atoms with Gasteiger partial charge in [0.15, 0.2) is 11.5 Å². The molecule has 0 aliphatic heterocycles. The van der Waals surface area contributed by atoms with Crippen molar-refractivity contribution in [1.82, 2.24) is 15.3 Å². The molecule has 3 rings (SSSR count). The summed E-state index contributed by atoms with van der Waals surface area (Å²) in [6.07, 6.45) is 2.19. The lowest BCUT2D eigenvalue weighted by atomic mass is 10.1. The lowest BCUT2D eigenvalue weighted by Crippen LogP contribution is -2.33. The van der Waals surface area contributed by atoms with E-state index < -0.39 is 11.7 Å². The van der Waals surface area contributed by atoms with Gasteiger partial charge in [-0.3, -0.25) is 4.79 Å². The maximum absolute atomic E-state index is 11.8. The number of nitrogens with one attached hydrogen (secondary N) is 2. The van der Waals surface area contributed by atoms with Crippen molar-refractivity contribution < 1.29 is 23.8 Å². The Kier molecular flexibility index (Phi) is 9.35. The van der Waals surface area contributed by atoms with Gasteiger partial charge in [0.05, 0.1) is 19.2 Å². The topological polar surface area (TPSA) is 138 Å². The van der Waals surface area contributed by atoms with Crippen LogP contribution in [-0.2, 0) is 16.0 Å². The maximum Gasteiger partial charge on any atom is 0.407 e. The molecular formula is C26H32ClN5O5. The minimum atomic E-state index is -0.555. The van der Waals surface area contributed by atoms with Crippen LogP contribution >= 0.6 is 11.6 Å². The molecule has 0 unspecified atom stereocenters. The number of carbonyl (C=O) groups is 2. The van der Waals surface area contributed by atoms with Crippen LogP contribution in [0.3, 0.4) is 0 Å². The maximum atomic E-state index is 11.8. The number of rotatable bonds is 11. The van der Waals surface area contributed by atoms with Crippen molar-refractivity contribution >= 4 is 46.0 Å². The summed E-state index contributed by atoms with van der Waals surface area (Å²) in [5.74, 6) is 1.17. The van der Waals surface area contributed by atoms with Crippen molar-refractivity contribution in [2.45, 2.75) is 45.6 Å². The Hall–Kier alpha value is -3.79. The highest BCUT2D eigenvalue weighted by atomic mass is 35.5. The number of ether oxygens (including phenoxy) is 3. The molecule has 11 heteroatoms. The number of nitrogens with zero attached hydrogens (tertiary/aromatic N) is 2. The number of amides is 2. The number of carbonyl (C=O) groups excluding carboxylic acids is 2. The van der Waals surface area contributed by atoms with Gasteiger partial charge < -0.3 is 30.6 Å². The number of nitrogens with two attached hydrogens (primary N) is 1. The van der Waals surface area contributed by atoms with Gasteiger partial charge in [0.2, 0.25) is 5.91 Å². The first kappa shape index (κ1) is 27.8. The SMILES string of the molecule is COc1cc2ncnc(Nc3cc(Cl)ccc3CCC(N)=O)c2cc1OCCCNC(=O)OC(C)(C)C. The summed E-state index contributed by atoms with van der Waals surface area (Å²) in [6.45, 7) is 6.15. The van der Waals surface area contributed by atoms with E-state index in [1.807, 2.05) is 26.8 Å². The van der Waals surface area contributed by atoms with E-state index >= 15 is 0 Å². The molecule has 0 fully saturated rings. The predicted molar refractivity (Wildman–Crippen MR) is 143 cm³/mol. The first-order valence-corrected chi connectivity index (χ1v) is 12.2. The van der Waals surface area contributed by atoms with E-state index in [-0.39, 0.29) is 12.3 Å². The minimum Gasteiger partial charge on any atom is -0.493 e. The zero-order chi connectivity index (χ0) is 27.0. The Bertz CT molecular complexity index is 1260. The number of aryl methyl sites for hydroxylation is 1. The molecule has 2 aromatic carbocycles. The number of primary amides is 1. The van der Waals surface area contributed by atoms with E-state index in [9.17, 15) is 9.59 Å². The molecule has 198 valence electrons. The van der Waals surface area contributed by atoms with E-state index in [2.05, 4.69) is 20.6 Å². The molecule has 0 aliphatic rings. The van der Waals surface area contributed by atoms with Gasteiger partial charge in [0.25, 0.3) is 0 Å². The Morgan fingerprint density at radius 1 is 1.11 bits per heavy atom. The molecule has 3 aromatic rings. The minimum absolute atomic E-state index is 0.207. The number of benzene rings is 2. The second kappa shape index (κ2) is 12.4. The largest absolute Gasteiger partial charge is 0.493 e. The fraction of sp³-hybridized carbons (Fsp3) is 0.385. The van der Waals surface area contributed by atoms with Crippen molar-refractivity contribution in [2.75, 3.05) is 25.6 Å². The summed E-state index contributed by atoms with van der Waals surface area (Å²) < 4.78 is 16.7. The lowest BCUT2D eigenvalue weighted by molar-refractivity contribution is -0.117. The summed E-state index contributed by atoms with van der Waals surface area (Å²) in [7, 11) is 1.55. The van der Waals surface area contributed by atoms with E-state index in [0.29, 0.717) is 64.9 Å². The van der Waals surface area contributed by atoms with Gasteiger partial charge in [0, 0.05) is 35.1 Å². The monoisotopic (exact) mass is 529 g/mol. The molecule has 0 aliphatic carbocycles. The summed E-state index contributed by atoms with van der Waals surface area (Å²) in [6, 6.07) is 8.94. The molecule has 1 heterocycles. The third-order valence-electron chi connectivity index (χ3n) is 5.13. The molecule has 2 amide bonds. The molecule has 0 bridgehead atoms. The van der Waals surface area contributed by atoms with Gasteiger partial charge in [-0.05, 0) is 57.4 Å². The van der Waals surface area contributed by atoms with Crippen molar-refractivity contribution in [3.8, 4) is 11.5 Å². The zero-order valence-corrected chi connectivity index (χ0v) is 22.1. The van der Waals surface area contributed by atoms with Gasteiger partial charge in [-0.15, -0.1) is 0 Å². The van der Waals surface area contributed by atoms with Crippen LogP contribution in [0.2, 0.25) is 5.02 Å². The zero-order valence-electron chi connectivity index (χ0n) is 21.4. The van der Waals surface area contributed by atoms with Crippen LogP contribution in [0.4, 0.5) is 16.3 Å². The van der Waals surface area contributed by atoms with Gasteiger partial charge in [-0.2, -0.15) is 0 Å². The quantitative estimate of drug-likeness (QED) is 0.303. The molecule has 10 nitrogen and oxygen atoms in total. The Balaban J connectivity index is 1.76. The van der Waals surface area contributed by atoms with Crippen molar-refractivity contribution in [2.24, 2.45) is 5.73 Å². The second-order valence-electron chi connectivity index (χ2n) is 9.27. The highest BCUT2D eigenvalue weighted by Crippen LogP contribution is 2.35. The number of methoxy groups -OCH3 is 1. The number of aromatic nitrogens is 2. The van der Waals surface area contributed by atoms with Gasteiger partial charge in [-0.1, -0.05) is 17.7 Å². The number of fused-ring (bicyclic) bond motifs is 1. The van der Waals surface area contributed by atoms with Crippen molar-refractivity contribution in [1.29, 1.82) is 0 Å². The van der Waals surface area contributed by atoms with Gasteiger partial charge in [-0.25, -0.2) is 14.8 Å². The molecule has 37 heavy (non-hydrogen) atoms. The van der Waals surface area contributed by atoms with Crippen LogP contribution in [0.1, 0.15) is 39.2 Å². The molecule has 0 spiro atoms. The predicted octanol–water partition coefficient (Wildman–Crippen LogP) is 4.75. The molecule has 4 N–H and O–H groups in total. The number of halogens is 1. The highest BCUT2D eigenvalue weighted by Gasteiger charge is 2.16. The molecule has 0 atom stereocenters. The molecule has 0 saturated carbocycles. The Morgan fingerprint density at radius 2 is 1.89 bits per heavy atom. The Labute approximate surface area is 220 Å². The molecule has 1 aromatic heterocycles. The van der Waals surface area contributed by atoms with E-state index in [4.69, 9.17) is 31.5 Å². The normalized spacial score (nSPS) is 11.2. The van der Waals surface area contributed by atoms with Crippen LogP contribution in [0, 0.1) is 0 Å². The summed E-state index contributed by atoms with van der Waals surface area (Å²) in [5.41, 5.74) is 7.00. The van der Waals surface area contributed by atoms with E-state index in [0.717, 1.165) is 5.56 Å². The summed E-state index contributed by atoms with van der Waals surface area (Å²) in [5, 5.41) is 7.25. The third kappa shape index (κ3) is 8.38. The van der Waals surface area contributed by atoms with Gasteiger partial charge in [0.1, 0.15) is 17.7 Å². The van der Waals surface area contributed by atoms with E-state index in [1.54, 1.807) is 31.4 Å².